The van der Waals surface area contributed by atoms with Crippen molar-refractivity contribution in [3.8, 4) is 5.75 Å². The summed E-state index contributed by atoms with van der Waals surface area (Å²) >= 11 is 3.56. The number of fused-ring (bicyclic) bond motifs is 1. The van der Waals surface area contributed by atoms with Gasteiger partial charge in [-0.3, -0.25) is 9.69 Å². The zero-order valence-electron chi connectivity index (χ0n) is 18.4. The first-order valence-corrected chi connectivity index (χ1v) is 11.8. The Bertz CT molecular complexity index is 1120. The molecule has 1 fully saturated rings. The van der Waals surface area contributed by atoms with Crippen LogP contribution in [-0.4, -0.2) is 36.5 Å². The van der Waals surface area contributed by atoms with Crippen LogP contribution in [0.2, 0.25) is 0 Å². The SMILES string of the molecule is CCOC(=O)Cc1ccccc1OCc1coc2c(CN3CCC(F)(F)CC3)cc(Br)cc12. The summed E-state index contributed by atoms with van der Waals surface area (Å²) in [7, 11) is 0. The maximum absolute atomic E-state index is 13.5. The minimum absolute atomic E-state index is 0.118. The summed E-state index contributed by atoms with van der Waals surface area (Å²) in [4.78, 5) is 13.9. The molecule has 3 aromatic rings. The van der Waals surface area contributed by atoms with Gasteiger partial charge in [-0.25, -0.2) is 8.78 Å². The van der Waals surface area contributed by atoms with Crippen molar-refractivity contribution in [2.75, 3.05) is 19.7 Å². The highest BCUT2D eigenvalue weighted by Crippen LogP contribution is 2.33. The number of hydrogen-bond acceptors (Lipinski definition) is 5. The van der Waals surface area contributed by atoms with Gasteiger partial charge in [0.2, 0.25) is 0 Å². The molecule has 2 heterocycles. The summed E-state index contributed by atoms with van der Waals surface area (Å²) < 4.78 is 44.9. The number of likely N-dealkylation sites (tertiary alicyclic amines) is 1. The molecule has 1 aliphatic heterocycles. The van der Waals surface area contributed by atoms with Crippen molar-refractivity contribution < 1.29 is 27.5 Å². The van der Waals surface area contributed by atoms with Gasteiger partial charge in [-0.2, -0.15) is 0 Å². The lowest BCUT2D eigenvalue weighted by Crippen LogP contribution is -2.38. The number of carbonyl (C=O) groups is 1. The van der Waals surface area contributed by atoms with Crippen LogP contribution in [0.4, 0.5) is 8.78 Å². The molecular formula is C25H26BrF2NO4. The van der Waals surface area contributed by atoms with Gasteiger partial charge in [-0.05, 0) is 25.1 Å². The fourth-order valence-corrected chi connectivity index (χ4v) is 4.55. The zero-order chi connectivity index (χ0) is 23.4. The van der Waals surface area contributed by atoms with Crippen molar-refractivity contribution in [2.24, 2.45) is 0 Å². The van der Waals surface area contributed by atoms with Crippen LogP contribution in [0, 0.1) is 0 Å². The summed E-state index contributed by atoms with van der Waals surface area (Å²) in [5.74, 6) is -2.25. The van der Waals surface area contributed by atoms with Crippen molar-refractivity contribution in [3.63, 3.8) is 0 Å². The van der Waals surface area contributed by atoms with Gasteiger partial charge in [0.15, 0.2) is 0 Å². The first-order valence-electron chi connectivity index (χ1n) is 11.0. The van der Waals surface area contributed by atoms with Crippen molar-refractivity contribution in [1.82, 2.24) is 4.90 Å². The van der Waals surface area contributed by atoms with Crippen molar-refractivity contribution in [2.45, 2.75) is 45.3 Å². The first kappa shape index (κ1) is 23.7. The van der Waals surface area contributed by atoms with Gasteiger partial charge >= 0.3 is 5.97 Å². The molecule has 0 aliphatic carbocycles. The number of alkyl halides is 2. The van der Waals surface area contributed by atoms with Crippen LogP contribution in [0.5, 0.6) is 5.75 Å². The number of esters is 1. The van der Waals surface area contributed by atoms with Gasteiger partial charge in [0, 0.05) is 59.0 Å². The predicted octanol–water partition coefficient (Wildman–Crippen LogP) is 6.11. The minimum atomic E-state index is -2.57. The maximum atomic E-state index is 13.5. The molecule has 8 heteroatoms. The van der Waals surface area contributed by atoms with Crippen LogP contribution >= 0.6 is 15.9 Å². The van der Waals surface area contributed by atoms with Crippen LogP contribution in [0.15, 0.2) is 51.6 Å². The van der Waals surface area contributed by atoms with E-state index in [1.807, 2.05) is 41.3 Å². The summed E-state index contributed by atoms with van der Waals surface area (Å²) in [6, 6.07) is 11.3. The number of halogens is 3. The second-order valence-corrected chi connectivity index (χ2v) is 9.13. The lowest BCUT2D eigenvalue weighted by molar-refractivity contribution is -0.142. The largest absolute Gasteiger partial charge is 0.488 e. The Balaban J connectivity index is 1.50. The summed E-state index contributed by atoms with van der Waals surface area (Å²) in [5, 5.41) is 0.907. The lowest BCUT2D eigenvalue weighted by atomic mass is 10.0. The Hall–Kier alpha value is -2.45. The molecule has 33 heavy (non-hydrogen) atoms. The third-order valence-corrected chi connectivity index (χ3v) is 6.23. The molecule has 0 amide bonds. The average Bonchev–Trinajstić information content (AvgIpc) is 3.17. The van der Waals surface area contributed by atoms with Gasteiger partial charge in [0.25, 0.3) is 5.92 Å². The third-order valence-electron chi connectivity index (χ3n) is 5.77. The number of nitrogens with zero attached hydrogens (tertiary/aromatic N) is 1. The van der Waals surface area contributed by atoms with Crippen LogP contribution in [-0.2, 0) is 29.1 Å². The molecule has 0 N–H and O–H groups in total. The maximum Gasteiger partial charge on any atom is 0.310 e. The Labute approximate surface area is 199 Å². The summed E-state index contributed by atoms with van der Waals surface area (Å²) in [6.07, 6.45) is 1.57. The molecule has 4 rings (SSSR count). The Morgan fingerprint density at radius 1 is 1.15 bits per heavy atom. The van der Waals surface area contributed by atoms with Crippen LogP contribution in [0.3, 0.4) is 0 Å². The van der Waals surface area contributed by atoms with Crippen molar-refractivity contribution >= 4 is 32.9 Å². The van der Waals surface area contributed by atoms with E-state index in [-0.39, 0.29) is 31.8 Å². The number of carbonyl (C=O) groups excluding carboxylic acids is 1. The second kappa shape index (κ2) is 10.2. The molecular weight excluding hydrogens is 496 g/mol. The number of rotatable bonds is 8. The van der Waals surface area contributed by atoms with E-state index in [1.165, 1.54) is 0 Å². The number of ether oxygens (including phenoxy) is 2. The number of benzene rings is 2. The van der Waals surface area contributed by atoms with Crippen LogP contribution < -0.4 is 4.74 Å². The molecule has 176 valence electrons. The fraction of sp³-hybridized carbons (Fsp3) is 0.400. The molecule has 0 bridgehead atoms. The first-order chi connectivity index (χ1) is 15.8. The summed E-state index contributed by atoms with van der Waals surface area (Å²) in [6.45, 7) is 3.63. The van der Waals surface area contributed by atoms with E-state index >= 15 is 0 Å². The third kappa shape index (κ3) is 5.92. The molecule has 5 nitrogen and oxygen atoms in total. The quantitative estimate of drug-likeness (QED) is 0.334. The van der Waals surface area contributed by atoms with Crippen LogP contribution in [0.1, 0.15) is 36.5 Å². The Morgan fingerprint density at radius 2 is 1.91 bits per heavy atom. The number of piperidine rings is 1. The van der Waals surface area contributed by atoms with E-state index in [4.69, 9.17) is 13.9 Å². The monoisotopic (exact) mass is 521 g/mol. The highest BCUT2D eigenvalue weighted by atomic mass is 79.9. The molecule has 0 unspecified atom stereocenters. The van der Waals surface area contributed by atoms with E-state index in [0.717, 1.165) is 32.1 Å². The smallest absolute Gasteiger partial charge is 0.310 e. The van der Waals surface area contributed by atoms with E-state index < -0.39 is 5.92 Å². The van der Waals surface area contributed by atoms with E-state index in [2.05, 4.69) is 15.9 Å². The second-order valence-electron chi connectivity index (χ2n) is 8.21. The number of para-hydroxylation sites is 1. The number of hydrogen-bond donors (Lipinski definition) is 0. The van der Waals surface area contributed by atoms with Crippen molar-refractivity contribution in [3.05, 3.63) is 63.8 Å². The van der Waals surface area contributed by atoms with Gasteiger partial charge < -0.3 is 13.9 Å². The Kier molecular flexibility index (Phi) is 7.34. The lowest BCUT2D eigenvalue weighted by Gasteiger charge is -2.31. The normalized spacial score (nSPS) is 16.1. The molecule has 2 aromatic carbocycles. The van der Waals surface area contributed by atoms with Crippen molar-refractivity contribution in [1.29, 1.82) is 0 Å². The van der Waals surface area contributed by atoms with Crippen LogP contribution in [0.25, 0.3) is 11.0 Å². The minimum Gasteiger partial charge on any atom is -0.488 e. The summed E-state index contributed by atoms with van der Waals surface area (Å²) in [5.41, 5.74) is 3.30. The van der Waals surface area contributed by atoms with Gasteiger partial charge in [-0.15, -0.1) is 0 Å². The van der Waals surface area contributed by atoms with Gasteiger partial charge in [0.1, 0.15) is 17.9 Å². The fourth-order valence-electron chi connectivity index (χ4n) is 4.04. The standard InChI is InChI=1S/C25H26BrF2NO4/c1-2-31-23(30)12-17-5-3-4-6-22(17)32-15-19-16-33-24-18(11-20(26)13-21(19)24)14-29-9-7-25(27,28)8-10-29/h3-6,11,13,16H,2,7-10,12,14-15H2,1H3. The number of furan rings is 1. The van der Waals surface area contributed by atoms with E-state index in [0.29, 0.717) is 32.0 Å². The molecule has 0 spiro atoms. The molecule has 1 aliphatic rings. The zero-order valence-corrected chi connectivity index (χ0v) is 20.0. The molecule has 1 saturated heterocycles. The molecule has 0 radical (unpaired) electrons. The molecule has 0 atom stereocenters. The van der Waals surface area contributed by atoms with Gasteiger partial charge in [0.05, 0.1) is 19.3 Å². The highest BCUT2D eigenvalue weighted by Gasteiger charge is 2.34. The van der Waals surface area contributed by atoms with E-state index in [9.17, 15) is 13.6 Å². The Morgan fingerprint density at radius 3 is 2.67 bits per heavy atom. The van der Waals surface area contributed by atoms with E-state index in [1.54, 1.807) is 13.2 Å². The molecule has 1 aromatic heterocycles. The highest BCUT2D eigenvalue weighted by molar-refractivity contribution is 9.10. The predicted molar refractivity (Wildman–Crippen MR) is 124 cm³/mol. The topological polar surface area (TPSA) is 51.9 Å². The molecule has 0 saturated carbocycles. The van der Waals surface area contributed by atoms with Gasteiger partial charge in [-0.1, -0.05) is 34.1 Å². The average molecular weight is 522 g/mol.